The number of fused-ring (bicyclic) bond motifs is 1. The van der Waals surface area contributed by atoms with Crippen molar-refractivity contribution in [3.63, 3.8) is 0 Å². The average Bonchev–Trinajstić information content (AvgIpc) is 3.14. The molecule has 5 nitrogen and oxygen atoms in total. The second kappa shape index (κ2) is 6.78. The van der Waals surface area contributed by atoms with Gasteiger partial charge in [0.25, 0.3) is 10.0 Å². The normalized spacial score (nSPS) is 13.6. The number of hydrogen-bond acceptors (Lipinski definition) is 6. The van der Waals surface area contributed by atoms with Gasteiger partial charge in [-0.05, 0) is 55.3 Å². The van der Waals surface area contributed by atoms with E-state index in [9.17, 15) is 13.2 Å². The number of thioether (sulfide) groups is 1. The lowest BCUT2D eigenvalue weighted by Gasteiger charge is -2.09. The fraction of sp³-hybridized carbons (Fsp3) is 0.312. The van der Waals surface area contributed by atoms with Gasteiger partial charge in [-0.25, -0.2) is 13.2 Å². The molecular formula is C16H17NO4S3. The second-order valence-corrected chi connectivity index (χ2v) is 9.00. The molecule has 0 amide bonds. The minimum atomic E-state index is -3.75. The minimum absolute atomic E-state index is 0.171. The highest BCUT2D eigenvalue weighted by Gasteiger charge is 2.29. The minimum Gasteiger partial charge on any atom is -0.465 e. The molecule has 0 radical (unpaired) electrons. The summed E-state index contributed by atoms with van der Waals surface area (Å²) in [6.07, 6.45) is 4.56. The standard InChI is InChI=1S/C16H17NO4S3/c1-21-16(18)14-12-4-3-5-13(12)23-15(14)17-24(19,20)11-8-6-10(22-2)7-9-11/h6-9,17H,3-5H2,1-2H3. The van der Waals surface area contributed by atoms with Crippen molar-refractivity contribution < 1.29 is 17.9 Å². The third kappa shape index (κ3) is 3.18. The predicted octanol–water partition coefficient (Wildman–Crippen LogP) is 3.55. The van der Waals surface area contributed by atoms with Gasteiger partial charge in [0.15, 0.2) is 0 Å². The Balaban J connectivity index is 1.96. The molecule has 1 N–H and O–H groups in total. The van der Waals surface area contributed by atoms with Crippen LogP contribution in [-0.2, 0) is 27.6 Å². The first-order valence-corrected chi connectivity index (χ1v) is 10.9. The van der Waals surface area contributed by atoms with Crippen molar-refractivity contribution in [1.29, 1.82) is 0 Å². The summed E-state index contributed by atoms with van der Waals surface area (Å²) >= 11 is 2.87. The number of anilines is 1. The summed E-state index contributed by atoms with van der Waals surface area (Å²) in [7, 11) is -2.44. The summed E-state index contributed by atoms with van der Waals surface area (Å²) in [5, 5.41) is 0.348. The number of rotatable bonds is 5. The molecule has 128 valence electrons. The van der Waals surface area contributed by atoms with E-state index in [-0.39, 0.29) is 4.90 Å². The Labute approximate surface area is 149 Å². The van der Waals surface area contributed by atoms with Crippen molar-refractivity contribution in [3.8, 4) is 0 Å². The van der Waals surface area contributed by atoms with Crippen molar-refractivity contribution in [2.75, 3.05) is 18.1 Å². The SMILES string of the molecule is COC(=O)c1c(NS(=O)(=O)c2ccc(SC)cc2)sc2c1CCC2. The number of benzene rings is 1. The summed E-state index contributed by atoms with van der Waals surface area (Å²) < 4.78 is 32.7. The molecule has 1 heterocycles. The van der Waals surface area contributed by atoms with Gasteiger partial charge >= 0.3 is 5.97 Å². The molecule has 2 aromatic rings. The lowest BCUT2D eigenvalue weighted by molar-refractivity contribution is 0.0601. The molecule has 1 aromatic carbocycles. The molecule has 24 heavy (non-hydrogen) atoms. The highest BCUT2D eigenvalue weighted by atomic mass is 32.2. The van der Waals surface area contributed by atoms with Gasteiger partial charge in [0, 0.05) is 9.77 Å². The average molecular weight is 384 g/mol. The zero-order valence-electron chi connectivity index (χ0n) is 13.3. The molecular weight excluding hydrogens is 366 g/mol. The number of aryl methyl sites for hydroxylation is 1. The summed E-state index contributed by atoms with van der Waals surface area (Å²) in [6, 6.07) is 6.64. The number of sulfonamides is 1. The number of nitrogens with one attached hydrogen (secondary N) is 1. The maximum absolute atomic E-state index is 12.6. The molecule has 0 saturated heterocycles. The first-order chi connectivity index (χ1) is 11.5. The first kappa shape index (κ1) is 17.3. The van der Waals surface area contributed by atoms with Crippen LogP contribution in [0.25, 0.3) is 0 Å². The maximum Gasteiger partial charge on any atom is 0.341 e. The van der Waals surface area contributed by atoms with E-state index in [0.29, 0.717) is 10.6 Å². The van der Waals surface area contributed by atoms with Crippen molar-refractivity contribution in [2.24, 2.45) is 0 Å². The Hall–Kier alpha value is -1.51. The van der Waals surface area contributed by atoms with Crippen LogP contribution in [0.4, 0.5) is 5.00 Å². The zero-order chi connectivity index (χ0) is 17.3. The Morgan fingerprint density at radius 2 is 1.96 bits per heavy atom. The first-order valence-electron chi connectivity index (χ1n) is 7.36. The molecule has 1 aliphatic carbocycles. The number of methoxy groups -OCH3 is 1. The van der Waals surface area contributed by atoms with E-state index in [4.69, 9.17) is 4.74 Å². The summed E-state index contributed by atoms with van der Waals surface area (Å²) in [5.74, 6) is -0.496. The fourth-order valence-corrected chi connectivity index (χ4v) is 5.72. The van der Waals surface area contributed by atoms with Gasteiger partial charge in [-0.15, -0.1) is 23.1 Å². The fourth-order valence-electron chi connectivity index (χ4n) is 2.73. The topological polar surface area (TPSA) is 72.5 Å². The summed E-state index contributed by atoms with van der Waals surface area (Å²) in [4.78, 5) is 14.3. The van der Waals surface area contributed by atoms with Gasteiger partial charge in [0.05, 0.1) is 17.6 Å². The van der Waals surface area contributed by atoms with Crippen molar-refractivity contribution in [1.82, 2.24) is 0 Å². The quantitative estimate of drug-likeness (QED) is 0.631. The van der Waals surface area contributed by atoms with Gasteiger partial charge < -0.3 is 4.74 Å². The molecule has 0 atom stereocenters. The number of thiophene rings is 1. The third-order valence-electron chi connectivity index (χ3n) is 3.91. The van der Waals surface area contributed by atoms with Crippen LogP contribution in [-0.4, -0.2) is 27.8 Å². The second-order valence-electron chi connectivity index (χ2n) is 5.33. The van der Waals surface area contributed by atoms with E-state index in [1.54, 1.807) is 36.0 Å². The molecule has 0 spiro atoms. The Morgan fingerprint density at radius 1 is 1.25 bits per heavy atom. The van der Waals surface area contributed by atoms with Gasteiger partial charge in [0.1, 0.15) is 5.00 Å². The molecule has 0 bridgehead atoms. The monoisotopic (exact) mass is 383 g/mol. The van der Waals surface area contributed by atoms with Crippen LogP contribution in [0.5, 0.6) is 0 Å². The summed E-state index contributed by atoms with van der Waals surface area (Å²) in [5.41, 5.74) is 1.28. The van der Waals surface area contributed by atoms with Gasteiger partial charge in [-0.1, -0.05) is 0 Å². The maximum atomic E-state index is 12.6. The smallest absolute Gasteiger partial charge is 0.341 e. The van der Waals surface area contributed by atoms with Crippen LogP contribution in [0.3, 0.4) is 0 Å². The van der Waals surface area contributed by atoms with Crippen LogP contribution in [0.1, 0.15) is 27.2 Å². The van der Waals surface area contributed by atoms with E-state index in [0.717, 1.165) is 34.6 Å². The highest BCUT2D eigenvalue weighted by molar-refractivity contribution is 7.98. The highest BCUT2D eigenvalue weighted by Crippen LogP contribution is 2.40. The predicted molar refractivity (Wildman–Crippen MR) is 96.7 cm³/mol. The molecule has 1 aliphatic rings. The van der Waals surface area contributed by atoms with Gasteiger partial charge in [-0.3, -0.25) is 4.72 Å². The Kier molecular flexibility index (Phi) is 4.89. The number of esters is 1. The van der Waals surface area contributed by atoms with Crippen molar-refractivity contribution in [3.05, 3.63) is 40.3 Å². The molecule has 0 saturated carbocycles. The molecule has 1 aromatic heterocycles. The van der Waals surface area contributed by atoms with E-state index in [1.165, 1.54) is 18.4 Å². The number of carbonyl (C=O) groups excluding carboxylic acids is 1. The Bertz CT molecular complexity index is 869. The largest absolute Gasteiger partial charge is 0.465 e. The van der Waals surface area contributed by atoms with Crippen molar-refractivity contribution in [2.45, 2.75) is 29.1 Å². The Morgan fingerprint density at radius 3 is 2.58 bits per heavy atom. The van der Waals surface area contributed by atoms with Gasteiger partial charge in [-0.2, -0.15) is 0 Å². The zero-order valence-corrected chi connectivity index (χ0v) is 15.7. The number of hydrogen-bond donors (Lipinski definition) is 1. The number of ether oxygens (including phenoxy) is 1. The molecule has 0 fully saturated rings. The van der Waals surface area contributed by atoms with Crippen LogP contribution in [0.15, 0.2) is 34.1 Å². The van der Waals surface area contributed by atoms with E-state index in [2.05, 4.69) is 4.72 Å². The number of carbonyl (C=O) groups is 1. The van der Waals surface area contributed by atoms with Gasteiger partial charge in [0.2, 0.25) is 0 Å². The molecule has 0 aliphatic heterocycles. The van der Waals surface area contributed by atoms with Crippen LogP contribution in [0, 0.1) is 0 Å². The lowest BCUT2D eigenvalue weighted by Crippen LogP contribution is -2.15. The summed E-state index contributed by atoms with van der Waals surface area (Å²) in [6.45, 7) is 0. The third-order valence-corrected chi connectivity index (χ3v) is 7.35. The van der Waals surface area contributed by atoms with Crippen molar-refractivity contribution >= 4 is 44.1 Å². The van der Waals surface area contributed by atoms with E-state index >= 15 is 0 Å². The molecule has 3 rings (SSSR count). The van der Waals surface area contributed by atoms with E-state index in [1.807, 2.05) is 6.26 Å². The van der Waals surface area contributed by atoms with Crippen LogP contribution >= 0.6 is 23.1 Å². The van der Waals surface area contributed by atoms with Crippen LogP contribution in [0.2, 0.25) is 0 Å². The lowest BCUT2D eigenvalue weighted by atomic mass is 10.1. The van der Waals surface area contributed by atoms with E-state index < -0.39 is 16.0 Å². The van der Waals surface area contributed by atoms with Crippen LogP contribution < -0.4 is 4.72 Å². The molecule has 8 heteroatoms. The molecule has 0 unspecified atom stereocenters.